The molecule has 30 heavy (non-hydrogen) atoms. The molecular weight excluding hydrogens is 392 g/mol. The lowest BCUT2D eigenvalue weighted by Crippen LogP contribution is -2.54. The normalized spacial score (nSPS) is 16.9. The molecule has 0 atom stereocenters. The number of likely N-dealkylation sites (tertiary alicyclic amines) is 1. The summed E-state index contributed by atoms with van der Waals surface area (Å²) in [6, 6.07) is 3.58. The second-order valence-corrected chi connectivity index (χ2v) is 7.36. The highest BCUT2D eigenvalue weighted by Gasteiger charge is 2.29. The number of piperidine rings is 1. The molecule has 3 rings (SSSR count). The number of non-ortho nitro benzene ring substituents is 1. The molecule has 0 aromatic heterocycles. The third kappa shape index (κ3) is 4.87. The number of amides is 3. The number of esters is 1. The van der Waals surface area contributed by atoms with Crippen molar-refractivity contribution in [3.63, 3.8) is 0 Å². The molecule has 0 radical (unpaired) electrons. The molecule has 0 aliphatic carbocycles. The van der Waals surface area contributed by atoms with Gasteiger partial charge in [0.05, 0.1) is 17.1 Å². The molecule has 10 nitrogen and oxygen atoms in total. The summed E-state index contributed by atoms with van der Waals surface area (Å²) < 4.78 is 4.91. The number of carbonyl (C=O) groups is 3. The Hall–Kier alpha value is -3.17. The summed E-state index contributed by atoms with van der Waals surface area (Å²) in [5.74, 6) is -1.12. The zero-order valence-corrected chi connectivity index (χ0v) is 17.0. The zero-order valence-electron chi connectivity index (χ0n) is 17.0. The van der Waals surface area contributed by atoms with Crippen LogP contribution in [-0.4, -0.2) is 83.4 Å². The Bertz CT molecular complexity index is 829. The average Bonchev–Trinajstić information content (AvgIpc) is 2.78. The van der Waals surface area contributed by atoms with Crippen LogP contribution < -0.4 is 0 Å². The average molecular weight is 418 g/mol. The molecule has 3 amide bonds. The van der Waals surface area contributed by atoms with Gasteiger partial charge in [-0.2, -0.15) is 0 Å². The number of ether oxygens (including phenoxy) is 1. The zero-order chi connectivity index (χ0) is 21.7. The fourth-order valence-electron chi connectivity index (χ4n) is 3.74. The molecule has 2 saturated heterocycles. The van der Waals surface area contributed by atoms with Gasteiger partial charge in [-0.3, -0.25) is 14.9 Å². The molecule has 0 spiro atoms. The molecular formula is C20H26N4O6. The molecule has 1 aromatic carbocycles. The van der Waals surface area contributed by atoms with E-state index < -0.39 is 16.8 Å². The van der Waals surface area contributed by atoms with E-state index in [4.69, 9.17) is 4.74 Å². The minimum absolute atomic E-state index is 0.00162. The van der Waals surface area contributed by atoms with Crippen molar-refractivity contribution in [3.8, 4) is 0 Å². The molecule has 1 aromatic rings. The molecule has 0 unspecified atom stereocenters. The van der Waals surface area contributed by atoms with Gasteiger partial charge in [0.1, 0.15) is 0 Å². The highest BCUT2D eigenvalue weighted by Crippen LogP contribution is 2.21. The summed E-state index contributed by atoms with van der Waals surface area (Å²) in [5.41, 5.74) is -0.320. The molecule has 0 saturated carbocycles. The van der Waals surface area contributed by atoms with E-state index in [2.05, 4.69) is 0 Å². The number of nitro groups is 1. The van der Waals surface area contributed by atoms with Crippen LogP contribution in [0.25, 0.3) is 0 Å². The van der Waals surface area contributed by atoms with Crippen LogP contribution in [0.4, 0.5) is 10.5 Å². The Kier molecular flexibility index (Phi) is 6.86. The van der Waals surface area contributed by atoms with E-state index >= 15 is 0 Å². The maximum absolute atomic E-state index is 12.9. The number of urea groups is 1. The van der Waals surface area contributed by atoms with Gasteiger partial charge in [-0.05, 0) is 32.3 Å². The third-order valence-electron chi connectivity index (χ3n) is 5.35. The first-order valence-electron chi connectivity index (χ1n) is 10.2. The van der Waals surface area contributed by atoms with E-state index in [9.17, 15) is 24.5 Å². The number of nitrogens with zero attached hydrogens (tertiary/aromatic N) is 4. The lowest BCUT2D eigenvalue weighted by molar-refractivity contribution is -0.384. The Morgan fingerprint density at radius 2 is 1.47 bits per heavy atom. The van der Waals surface area contributed by atoms with Crippen LogP contribution in [0.5, 0.6) is 0 Å². The van der Waals surface area contributed by atoms with Crippen molar-refractivity contribution in [2.75, 3.05) is 45.9 Å². The number of nitro benzene ring substituents is 1. The van der Waals surface area contributed by atoms with Crippen LogP contribution in [0, 0.1) is 10.1 Å². The van der Waals surface area contributed by atoms with E-state index in [0.29, 0.717) is 26.2 Å². The summed E-state index contributed by atoms with van der Waals surface area (Å²) in [6.45, 7) is 4.75. The fourth-order valence-corrected chi connectivity index (χ4v) is 3.74. The largest absolute Gasteiger partial charge is 0.462 e. The smallest absolute Gasteiger partial charge is 0.338 e. The number of rotatable bonds is 4. The van der Waals surface area contributed by atoms with E-state index in [1.807, 2.05) is 4.90 Å². The number of hydrogen-bond donors (Lipinski definition) is 0. The molecule has 2 aliphatic heterocycles. The van der Waals surface area contributed by atoms with Gasteiger partial charge in [-0.15, -0.1) is 0 Å². The van der Waals surface area contributed by atoms with E-state index in [1.54, 1.807) is 16.7 Å². The predicted octanol–water partition coefficient (Wildman–Crippen LogP) is 2.14. The fraction of sp³-hybridized carbons (Fsp3) is 0.550. The molecule has 0 N–H and O–H groups in total. The van der Waals surface area contributed by atoms with Crippen LogP contribution >= 0.6 is 0 Å². The van der Waals surface area contributed by atoms with E-state index in [-0.39, 0.29) is 29.5 Å². The van der Waals surface area contributed by atoms with Crippen molar-refractivity contribution in [3.05, 3.63) is 39.4 Å². The molecule has 2 fully saturated rings. The Morgan fingerprint density at radius 3 is 2.07 bits per heavy atom. The van der Waals surface area contributed by atoms with Gasteiger partial charge in [0, 0.05) is 57.0 Å². The third-order valence-corrected chi connectivity index (χ3v) is 5.35. The van der Waals surface area contributed by atoms with Gasteiger partial charge in [0.15, 0.2) is 0 Å². The quantitative estimate of drug-likeness (QED) is 0.420. The first-order chi connectivity index (χ1) is 14.4. The standard InChI is InChI=1S/C20H26N4O6/c1-2-30-19(26)16-12-15(13-17(14-16)24(28)29)18(25)21-8-10-23(11-9-21)20(27)22-6-4-3-5-7-22/h12-14H,2-11H2,1H3. The highest BCUT2D eigenvalue weighted by molar-refractivity contribution is 5.99. The summed E-state index contributed by atoms with van der Waals surface area (Å²) in [7, 11) is 0. The Balaban J connectivity index is 1.69. The minimum Gasteiger partial charge on any atom is -0.462 e. The maximum Gasteiger partial charge on any atom is 0.338 e. The van der Waals surface area contributed by atoms with Crippen LogP contribution in [0.1, 0.15) is 46.9 Å². The second kappa shape index (κ2) is 9.55. The first kappa shape index (κ1) is 21.5. The van der Waals surface area contributed by atoms with Gasteiger partial charge in [-0.25, -0.2) is 9.59 Å². The second-order valence-electron chi connectivity index (χ2n) is 7.36. The van der Waals surface area contributed by atoms with Gasteiger partial charge < -0.3 is 19.4 Å². The Morgan fingerprint density at radius 1 is 0.900 bits per heavy atom. The van der Waals surface area contributed by atoms with Crippen LogP contribution in [-0.2, 0) is 4.74 Å². The summed E-state index contributed by atoms with van der Waals surface area (Å²) in [4.78, 5) is 53.3. The number of carbonyl (C=O) groups excluding carboxylic acids is 3. The molecule has 2 aliphatic rings. The van der Waals surface area contributed by atoms with Crippen LogP contribution in [0.15, 0.2) is 18.2 Å². The lowest BCUT2D eigenvalue weighted by Gasteiger charge is -2.38. The number of piperazine rings is 1. The van der Waals surface area contributed by atoms with Crippen LogP contribution in [0.2, 0.25) is 0 Å². The van der Waals surface area contributed by atoms with Gasteiger partial charge in [0.2, 0.25) is 0 Å². The number of hydrogen-bond acceptors (Lipinski definition) is 6. The molecule has 162 valence electrons. The Labute approximate surface area is 174 Å². The predicted molar refractivity (Wildman–Crippen MR) is 107 cm³/mol. The van der Waals surface area contributed by atoms with E-state index in [1.165, 1.54) is 6.07 Å². The van der Waals surface area contributed by atoms with Crippen LogP contribution in [0.3, 0.4) is 0 Å². The molecule has 0 bridgehead atoms. The summed E-state index contributed by atoms with van der Waals surface area (Å²) in [5, 5.41) is 11.2. The van der Waals surface area contributed by atoms with Crippen molar-refractivity contribution < 1.29 is 24.0 Å². The lowest BCUT2D eigenvalue weighted by atomic mass is 10.1. The monoisotopic (exact) mass is 418 g/mol. The number of benzene rings is 1. The first-order valence-corrected chi connectivity index (χ1v) is 10.2. The van der Waals surface area contributed by atoms with Crippen molar-refractivity contribution in [2.45, 2.75) is 26.2 Å². The summed E-state index contributed by atoms with van der Waals surface area (Å²) in [6.07, 6.45) is 3.17. The van der Waals surface area contributed by atoms with Crippen molar-refractivity contribution in [1.29, 1.82) is 0 Å². The van der Waals surface area contributed by atoms with E-state index in [0.717, 1.165) is 44.5 Å². The minimum atomic E-state index is -0.716. The van der Waals surface area contributed by atoms with Gasteiger partial charge >= 0.3 is 12.0 Å². The highest BCUT2D eigenvalue weighted by atomic mass is 16.6. The van der Waals surface area contributed by atoms with Crippen molar-refractivity contribution in [1.82, 2.24) is 14.7 Å². The maximum atomic E-state index is 12.9. The van der Waals surface area contributed by atoms with Crippen molar-refractivity contribution >= 4 is 23.6 Å². The molecule has 2 heterocycles. The molecule has 10 heteroatoms. The van der Waals surface area contributed by atoms with Gasteiger partial charge in [-0.1, -0.05) is 0 Å². The SMILES string of the molecule is CCOC(=O)c1cc(C(=O)N2CCN(C(=O)N3CCCCC3)CC2)cc([N+](=O)[O-])c1. The van der Waals surface area contributed by atoms with Crippen molar-refractivity contribution in [2.24, 2.45) is 0 Å². The summed E-state index contributed by atoms with van der Waals surface area (Å²) >= 11 is 0. The topological polar surface area (TPSA) is 113 Å². The van der Waals surface area contributed by atoms with Gasteiger partial charge in [0.25, 0.3) is 11.6 Å².